The van der Waals surface area contributed by atoms with Crippen molar-refractivity contribution >= 4 is 29.1 Å². The fraction of sp³-hybridized carbons (Fsp3) is 0.278. The predicted molar refractivity (Wildman–Crippen MR) is 101 cm³/mol. The highest BCUT2D eigenvalue weighted by molar-refractivity contribution is 6.29. The normalized spacial score (nSPS) is 19.0. The zero-order valence-corrected chi connectivity index (χ0v) is 16.0. The number of aromatic nitrogens is 3. The minimum Gasteiger partial charge on any atom is -0.368 e. The molecule has 1 saturated heterocycles. The molecule has 7 nitrogen and oxygen atoms in total. The number of halogens is 5. The Hall–Kier alpha value is -3.08. The summed E-state index contributed by atoms with van der Waals surface area (Å²) in [6, 6.07) is 6.98. The molecule has 3 aromatic rings. The second kappa shape index (κ2) is 7.31. The van der Waals surface area contributed by atoms with Crippen LogP contribution in [0.3, 0.4) is 0 Å². The lowest BCUT2D eigenvalue weighted by Gasteiger charge is -2.47. The van der Waals surface area contributed by atoms with Crippen LogP contribution in [0.4, 0.5) is 28.2 Å². The van der Waals surface area contributed by atoms with Crippen molar-refractivity contribution in [1.82, 2.24) is 19.5 Å². The third-order valence-electron chi connectivity index (χ3n) is 5.02. The number of primary amides is 1. The van der Waals surface area contributed by atoms with Gasteiger partial charge in [0.2, 0.25) is 0 Å². The molecule has 1 aliphatic rings. The van der Waals surface area contributed by atoms with Crippen molar-refractivity contribution in [3.8, 4) is 0 Å². The van der Waals surface area contributed by atoms with E-state index in [1.54, 1.807) is 12.1 Å². The Morgan fingerprint density at radius 3 is 2.60 bits per heavy atom. The largest absolute Gasteiger partial charge is 0.435 e. The summed E-state index contributed by atoms with van der Waals surface area (Å²) in [5.41, 5.74) is 5.05. The molecule has 3 N–H and O–H groups in total. The van der Waals surface area contributed by atoms with Crippen LogP contribution in [0.1, 0.15) is 17.2 Å². The minimum absolute atomic E-state index is 0.0194. The standard InChI is InChI=1S/C18H15ClF4N6O/c19-14-6-15(29-16(26-14)5-13(27-29)18(21,22)23)25-7-12-11(8-28(12)17(24)30)9-1-3-10(20)4-2-9/h1-6,11-12,25H,7-8H2,(H2,24,30). The number of amides is 2. The van der Waals surface area contributed by atoms with Gasteiger partial charge in [0, 0.05) is 31.1 Å². The molecule has 30 heavy (non-hydrogen) atoms. The Labute approximate surface area is 172 Å². The number of hydrogen-bond acceptors (Lipinski definition) is 4. The monoisotopic (exact) mass is 442 g/mol. The summed E-state index contributed by atoms with van der Waals surface area (Å²) in [5, 5.41) is 6.51. The SMILES string of the molecule is NC(=O)N1CC(c2ccc(F)cc2)C1CNc1cc(Cl)nc2cc(C(F)(F)F)nn12. The Balaban J connectivity index is 1.60. The van der Waals surface area contributed by atoms with E-state index in [-0.39, 0.29) is 34.9 Å². The molecule has 4 rings (SSSR count). The van der Waals surface area contributed by atoms with Crippen LogP contribution in [-0.4, -0.2) is 44.7 Å². The number of hydrogen-bond donors (Lipinski definition) is 2. The molecule has 0 bridgehead atoms. The van der Waals surface area contributed by atoms with Gasteiger partial charge in [0.05, 0.1) is 6.04 Å². The molecule has 0 radical (unpaired) electrons. The topological polar surface area (TPSA) is 88.5 Å². The van der Waals surface area contributed by atoms with Crippen LogP contribution in [0.2, 0.25) is 5.15 Å². The van der Waals surface area contributed by atoms with E-state index < -0.39 is 23.9 Å². The van der Waals surface area contributed by atoms with Gasteiger partial charge in [-0.15, -0.1) is 0 Å². The van der Waals surface area contributed by atoms with Crippen molar-refractivity contribution in [1.29, 1.82) is 0 Å². The molecule has 0 saturated carbocycles. The fourth-order valence-electron chi connectivity index (χ4n) is 3.51. The number of nitrogens with one attached hydrogen (secondary N) is 1. The lowest BCUT2D eigenvalue weighted by Crippen LogP contribution is -2.61. The van der Waals surface area contributed by atoms with Crippen LogP contribution in [0.15, 0.2) is 36.4 Å². The van der Waals surface area contributed by atoms with Gasteiger partial charge in [-0.05, 0) is 17.7 Å². The van der Waals surface area contributed by atoms with Crippen LogP contribution in [0, 0.1) is 5.82 Å². The highest BCUT2D eigenvalue weighted by Crippen LogP contribution is 2.35. The first kappa shape index (κ1) is 20.2. The zero-order chi connectivity index (χ0) is 21.6. The van der Waals surface area contributed by atoms with Crippen LogP contribution in [0.5, 0.6) is 0 Å². The van der Waals surface area contributed by atoms with Gasteiger partial charge in [0.1, 0.15) is 16.8 Å². The van der Waals surface area contributed by atoms with Gasteiger partial charge in [-0.25, -0.2) is 14.2 Å². The Kier molecular flexibility index (Phi) is 4.92. The number of rotatable bonds is 4. The van der Waals surface area contributed by atoms with Crippen molar-refractivity contribution in [2.24, 2.45) is 5.73 Å². The van der Waals surface area contributed by atoms with Crippen LogP contribution in [0.25, 0.3) is 5.65 Å². The van der Waals surface area contributed by atoms with Crippen LogP contribution < -0.4 is 11.1 Å². The molecule has 1 aromatic carbocycles. The lowest BCUT2D eigenvalue weighted by molar-refractivity contribution is -0.141. The molecule has 1 fully saturated rings. The van der Waals surface area contributed by atoms with E-state index in [2.05, 4.69) is 15.4 Å². The van der Waals surface area contributed by atoms with Gasteiger partial charge in [0.15, 0.2) is 11.3 Å². The molecule has 2 atom stereocenters. The van der Waals surface area contributed by atoms with Gasteiger partial charge in [-0.3, -0.25) is 0 Å². The van der Waals surface area contributed by atoms with Crippen molar-refractivity contribution in [2.75, 3.05) is 18.4 Å². The Morgan fingerprint density at radius 1 is 1.27 bits per heavy atom. The first-order valence-electron chi connectivity index (χ1n) is 8.82. The molecule has 12 heteroatoms. The van der Waals surface area contributed by atoms with Gasteiger partial charge in [0.25, 0.3) is 0 Å². The van der Waals surface area contributed by atoms with Crippen molar-refractivity contribution in [2.45, 2.75) is 18.1 Å². The number of urea groups is 1. The van der Waals surface area contributed by atoms with Crippen molar-refractivity contribution in [3.63, 3.8) is 0 Å². The summed E-state index contributed by atoms with van der Waals surface area (Å²) in [5.74, 6) is -0.330. The molecule has 0 aliphatic carbocycles. The molecule has 158 valence electrons. The second-order valence-corrected chi connectivity index (χ2v) is 7.25. The highest BCUT2D eigenvalue weighted by Gasteiger charge is 2.42. The maximum atomic E-state index is 13.2. The van der Waals surface area contributed by atoms with E-state index in [9.17, 15) is 22.4 Å². The molecular formula is C18H15ClF4N6O. The van der Waals surface area contributed by atoms with Gasteiger partial charge < -0.3 is 16.0 Å². The number of benzene rings is 1. The van der Waals surface area contributed by atoms with Crippen molar-refractivity contribution < 1.29 is 22.4 Å². The highest BCUT2D eigenvalue weighted by atomic mass is 35.5. The first-order valence-corrected chi connectivity index (χ1v) is 9.20. The van der Waals surface area contributed by atoms with Crippen LogP contribution in [-0.2, 0) is 6.18 Å². The average molecular weight is 443 g/mol. The number of fused-ring (bicyclic) bond motifs is 1. The minimum atomic E-state index is -4.64. The number of carbonyl (C=O) groups is 1. The molecule has 3 heterocycles. The number of anilines is 1. The summed E-state index contributed by atoms with van der Waals surface area (Å²) in [4.78, 5) is 17.0. The molecule has 0 spiro atoms. The smallest absolute Gasteiger partial charge is 0.368 e. The quantitative estimate of drug-likeness (QED) is 0.478. The van der Waals surface area contributed by atoms with E-state index in [0.717, 1.165) is 16.1 Å². The average Bonchev–Trinajstić information content (AvgIpc) is 3.06. The number of nitrogens with zero attached hydrogens (tertiary/aromatic N) is 4. The predicted octanol–water partition coefficient (Wildman–Crippen LogP) is 3.50. The maximum Gasteiger partial charge on any atom is 0.435 e. The van der Waals surface area contributed by atoms with Crippen LogP contribution >= 0.6 is 11.6 Å². The molecule has 2 unspecified atom stereocenters. The summed E-state index contributed by atoms with van der Waals surface area (Å²) < 4.78 is 53.2. The summed E-state index contributed by atoms with van der Waals surface area (Å²) in [6.45, 7) is 0.501. The molecule has 1 aliphatic heterocycles. The van der Waals surface area contributed by atoms with E-state index in [1.165, 1.54) is 23.1 Å². The van der Waals surface area contributed by atoms with Gasteiger partial charge in [-0.1, -0.05) is 23.7 Å². The number of likely N-dealkylation sites (tertiary alicyclic amines) is 1. The summed E-state index contributed by atoms with van der Waals surface area (Å²) in [6.07, 6.45) is -4.64. The number of carbonyl (C=O) groups excluding carboxylic acids is 1. The number of nitrogens with two attached hydrogens (primary N) is 1. The lowest BCUT2D eigenvalue weighted by atomic mass is 9.82. The number of alkyl halides is 3. The summed E-state index contributed by atoms with van der Waals surface area (Å²) >= 11 is 5.94. The third-order valence-corrected chi connectivity index (χ3v) is 5.21. The molecular weight excluding hydrogens is 428 g/mol. The first-order chi connectivity index (χ1) is 14.1. The molecule has 2 amide bonds. The van der Waals surface area contributed by atoms with E-state index in [0.29, 0.717) is 6.54 Å². The van der Waals surface area contributed by atoms with E-state index in [4.69, 9.17) is 17.3 Å². The van der Waals surface area contributed by atoms with Crippen molar-refractivity contribution in [3.05, 3.63) is 58.6 Å². The van der Waals surface area contributed by atoms with Gasteiger partial charge in [-0.2, -0.15) is 22.8 Å². The molecule has 2 aromatic heterocycles. The third kappa shape index (κ3) is 3.72. The second-order valence-electron chi connectivity index (χ2n) is 6.86. The van der Waals surface area contributed by atoms with E-state index >= 15 is 0 Å². The Bertz CT molecular complexity index is 1100. The fourth-order valence-corrected chi connectivity index (χ4v) is 3.70. The van der Waals surface area contributed by atoms with E-state index in [1.807, 2.05) is 0 Å². The maximum absolute atomic E-state index is 13.2. The zero-order valence-electron chi connectivity index (χ0n) is 15.2. The summed E-state index contributed by atoms with van der Waals surface area (Å²) in [7, 11) is 0. The Morgan fingerprint density at radius 2 is 1.97 bits per heavy atom. The van der Waals surface area contributed by atoms with Gasteiger partial charge >= 0.3 is 12.2 Å².